The van der Waals surface area contributed by atoms with Gasteiger partial charge in [-0.05, 0) is 42.1 Å². The van der Waals surface area contributed by atoms with Gasteiger partial charge >= 0.3 is 0 Å². The molecule has 7 heteroatoms. The summed E-state index contributed by atoms with van der Waals surface area (Å²) in [5, 5.41) is 2.41. The molecule has 0 aliphatic rings. The topological polar surface area (TPSA) is 63.4 Å². The van der Waals surface area contributed by atoms with Gasteiger partial charge in [-0.15, -0.1) is 11.3 Å². The van der Waals surface area contributed by atoms with Crippen LogP contribution in [0.25, 0.3) is 0 Å². The third-order valence-corrected chi connectivity index (χ3v) is 6.75. The maximum atomic E-state index is 12.7. The summed E-state index contributed by atoms with van der Waals surface area (Å²) in [5.74, 6) is 0. The third kappa shape index (κ3) is 3.30. The van der Waals surface area contributed by atoms with Gasteiger partial charge < -0.3 is 5.73 Å². The minimum absolute atomic E-state index is 0.201. The Labute approximate surface area is 134 Å². The van der Waals surface area contributed by atoms with Crippen molar-refractivity contribution in [2.24, 2.45) is 5.73 Å². The van der Waals surface area contributed by atoms with Gasteiger partial charge in [0.2, 0.25) is 10.0 Å². The van der Waals surface area contributed by atoms with E-state index >= 15 is 0 Å². The molecule has 4 nitrogen and oxygen atoms in total. The Morgan fingerprint density at radius 1 is 1.38 bits per heavy atom. The SMILES string of the molecule is CC(c1cccs1)N(C)S(=O)(=O)c1ccc(Cl)c(CN)c1. The lowest BCUT2D eigenvalue weighted by atomic mass is 10.2. The van der Waals surface area contributed by atoms with E-state index in [0.29, 0.717) is 10.6 Å². The zero-order chi connectivity index (χ0) is 15.6. The van der Waals surface area contributed by atoms with Crippen LogP contribution in [0.4, 0.5) is 0 Å². The summed E-state index contributed by atoms with van der Waals surface area (Å²) in [6, 6.07) is 8.22. The van der Waals surface area contributed by atoms with E-state index in [2.05, 4.69) is 0 Å². The van der Waals surface area contributed by atoms with Crippen molar-refractivity contribution in [3.05, 3.63) is 51.2 Å². The first-order valence-electron chi connectivity index (χ1n) is 6.38. The van der Waals surface area contributed by atoms with E-state index in [0.717, 1.165) is 4.88 Å². The molecule has 0 aliphatic carbocycles. The fraction of sp³-hybridized carbons (Fsp3) is 0.286. The largest absolute Gasteiger partial charge is 0.326 e. The van der Waals surface area contributed by atoms with E-state index in [1.807, 2.05) is 24.4 Å². The molecule has 1 unspecified atom stereocenters. The lowest BCUT2D eigenvalue weighted by Crippen LogP contribution is -2.29. The van der Waals surface area contributed by atoms with Gasteiger partial charge in [0.1, 0.15) is 0 Å². The molecule has 1 aromatic carbocycles. The highest BCUT2D eigenvalue weighted by Gasteiger charge is 2.27. The van der Waals surface area contributed by atoms with Crippen LogP contribution in [0.15, 0.2) is 40.6 Å². The minimum Gasteiger partial charge on any atom is -0.326 e. The van der Waals surface area contributed by atoms with Crippen LogP contribution in [-0.2, 0) is 16.6 Å². The number of rotatable bonds is 5. The van der Waals surface area contributed by atoms with Crippen LogP contribution in [0.1, 0.15) is 23.4 Å². The Morgan fingerprint density at radius 3 is 2.67 bits per heavy atom. The lowest BCUT2D eigenvalue weighted by molar-refractivity contribution is 0.403. The highest BCUT2D eigenvalue weighted by molar-refractivity contribution is 7.89. The first-order chi connectivity index (χ1) is 9.87. The van der Waals surface area contributed by atoms with E-state index in [-0.39, 0.29) is 17.5 Å². The average molecular weight is 345 g/mol. The Balaban J connectivity index is 2.37. The summed E-state index contributed by atoms with van der Waals surface area (Å²) in [6.45, 7) is 2.07. The highest BCUT2D eigenvalue weighted by Crippen LogP contribution is 2.29. The summed E-state index contributed by atoms with van der Waals surface area (Å²) in [5.41, 5.74) is 6.20. The Bertz CT molecular complexity index is 715. The highest BCUT2D eigenvalue weighted by atomic mass is 35.5. The minimum atomic E-state index is -3.59. The molecular formula is C14H17ClN2O2S2. The molecule has 0 spiro atoms. The van der Waals surface area contributed by atoms with Crippen molar-refractivity contribution >= 4 is 33.0 Å². The lowest BCUT2D eigenvalue weighted by Gasteiger charge is -2.23. The number of hydrogen-bond acceptors (Lipinski definition) is 4. The van der Waals surface area contributed by atoms with E-state index in [9.17, 15) is 8.42 Å². The second kappa shape index (κ2) is 6.46. The van der Waals surface area contributed by atoms with Gasteiger partial charge in [0.05, 0.1) is 10.9 Å². The van der Waals surface area contributed by atoms with Crippen LogP contribution in [0, 0.1) is 0 Å². The third-order valence-electron chi connectivity index (χ3n) is 3.41. The van der Waals surface area contributed by atoms with E-state index in [1.54, 1.807) is 13.1 Å². The molecule has 0 radical (unpaired) electrons. The van der Waals surface area contributed by atoms with Gasteiger partial charge in [0.25, 0.3) is 0 Å². The van der Waals surface area contributed by atoms with Crippen molar-refractivity contribution in [3.63, 3.8) is 0 Å². The number of sulfonamides is 1. The van der Waals surface area contributed by atoms with Crippen LogP contribution in [0.3, 0.4) is 0 Å². The molecule has 21 heavy (non-hydrogen) atoms. The second-order valence-electron chi connectivity index (χ2n) is 4.67. The van der Waals surface area contributed by atoms with E-state index in [4.69, 9.17) is 17.3 Å². The van der Waals surface area contributed by atoms with Gasteiger partial charge in [-0.1, -0.05) is 17.7 Å². The standard InChI is InChI=1S/C14H17ClN2O2S2/c1-10(14-4-3-7-20-14)17(2)21(18,19)12-5-6-13(15)11(8-12)9-16/h3-8,10H,9,16H2,1-2H3. The van der Waals surface area contributed by atoms with Crippen LogP contribution < -0.4 is 5.73 Å². The van der Waals surface area contributed by atoms with Crippen molar-refractivity contribution in [2.75, 3.05) is 7.05 Å². The van der Waals surface area contributed by atoms with Crippen LogP contribution >= 0.6 is 22.9 Å². The van der Waals surface area contributed by atoms with Crippen LogP contribution in [0.5, 0.6) is 0 Å². The summed E-state index contributed by atoms with van der Waals surface area (Å²) >= 11 is 7.52. The summed E-state index contributed by atoms with van der Waals surface area (Å²) < 4.78 is 26.8. The molecule has 0 aliphatic heterocycles. The van der Waals surface area contributed by atoms with Crippen LogP contribution in [-0.4, -0.2) is 19.8 Å². The number of benzene rings is 1. The molecule has 0 bridgehead atoms. The quantitative estimate of drug-likeness (QED) is 0.905. The molecular weight excluding hydrogens is 328 g/mol. The molecule has 1 atom stereocenters. The zero-order valence-corrected chi connectivity index (χ0v) is 14.2. The van der Waals surface area contributed by atoms with Crippen LogP contribution in [0.2, 0.25) is 5.02 Å². The number of hydrogen-bond donors (Lipinski definition) is 1. The first-order valence-corrected chi connectivity index (χ1v) is 9.07. The fourth-order valence-electron chi connectivity index (χ4n) is 1.95. The maximum Gasteiger partial charge on any atom is 0.243 e. The molecule has 0 saturated heterocycles. The van der Waals surface area contributed by atoms with E-state index < -0.39 is 10.0 Å². The molecule has 0 amide bonds. The average Bonchev–Trinajstić information content (AvgIpc) is 3.00. The Hall–Kier alpha value is -0.920. The number of thiophene rings is 1. The Kier molecular flexibility index (Phi) is 5.06. The van der Waals surface area contributed by atoms with Gasteiger partial charge in [-0.2, -0.15) is 4.31 Å². The number of nitrogens with two attached hydrogens (primary N) is 1. The monoisotopic (exact) mass is 344 g/mol. The second-order valence-corrected chi connectivity index (χ2v) is 8.05. The molecule has 1 aromatic heterocycles. The normalized spacial score (nSPS) is 13.6. The molecule has 2 rings (SSSR count). The summed E-state index contributed by atoms with van der Waals surface area (Å²) in [6.07, 6.45) is 0. The molecule has 0 fully saturated rings. The van der Waals surface area contributed by atoms with Gasteiger partial charge in [-0.3, -0.25) is 0 Å². The van der Waals surface area contributed by atoms with Crippen molar-refractivity contribution in [1.29, 1.82) is 0 Å². The number of nitrogens with zero attached hydrogens (tertiary/aromatic N) is 1. The zero-order valence-electron chi connectivity index (χ0n) is 11.8. The molecule has 2 N–H and O–H groups in total. The van der Waals surface area contributed by atoms with Crippen molar-refractivity contribution < 1.29 is 8.42 Å². The molecule has 0 saturated carbocycles. The number of halogens is 1. The fourth-order valence-corrected chi connectivity index (χ4v) is 4.43. The summed E-state index contributed by atoms with van der Waals surface area (Å²) in [4.78, 5) is 1.20. The molecule has 1 heterocycles. The molecule has 2 aromatic rings. The maximum absolute atomic E-state index is 12.7. The van der Waals surface area contributed by atoms with Gasteiger partial charge in [0.15, 0.2) is 0 Å². The first kappa shape index (κ1) is 16.5. The van der Waals surface area contributed by atoms with Crippen molar-refractivity contribution in [3.8, 4) is 0 Å². The summed E-state index contributed by atoms with van der Waals surface area (Å²) in [7, 11) is -2.01. The van der Waals surface area contributed by atoms with Crippen molar-refractivity contribution in [1.82, 2.24) is 4.31 Å². The molecule has 114 valence electrons. The smallest absolute Gasteiger partial charge is 0.243 e. The predicted octanol–water partition coefficient (Wildman–Crippen LogP) is 3.24. The van der Waals surface area contributed by atoms with Gasteiger partial charge in [0, 0.05) is 23.5 Å². The Morgan fingerprint density at radius 2 is 2.10 bits per heavy atom. The van der Waals surface area contributed by atoms with E-state index in [1.165, 1.54) is 27.8 Å². The van der Waals surface area contributed by atoms with Crippen molar-refractivity contribution in [2.45, 2.75) is 24.4 Å². The predicted molar refractivity (Wildman–Crippen MR) is 87.0 cm³/mol. The van der Waals surface area contributed by atoms with Gasteiger partial charge in [-0.25, -0.2) is 8.42 Å².